The Morgan fingerprint density at radius 2 is 1.95 bits per heavy atom. The minimum Gasteiger partial charge on any atom is -0.351 e. The van der Waals surface area contributed by atoms with Crippen molar-refractivity contribution >= 4 is 5.91 Å². The normalized spacial score (nSPS) is 16.5. The van der Waals surface area contributed by atoms with Crippen LogP contribution in [0.25, 0.3) is 0 Å². The molecule has 0 saturated carbocycles. The Morgan fingerprint density at radius 3 is 2.58 bits per heavy atom. The Bertz CT molecular complexity index is 528. The van der Waals surface area contributed by atoms with Gasteiger partial charge in [-0.1, -0.05) is 18.2 Å². The van der Waals surface area contributed by atoms with Gasteiger partial charge in [-0.3, -0.25) is 4.79 Å². The number of H-pyrrole nitrogens is 1. The first-order valence-electron chi connectivity index (χ1n) is 6.67. The van der Waals surface area contributed by atoms with E-state index in [0.717, 1.165) is 37.2 Å². The van der Waals surface area contributed by atoms with Crippen LogP contribution in [0.3, 0.4) is 0 Å². The Balaban J connectivity index is 1.63. The number of benzene rings is 1. The maximum absolute atomic E-state index is 12.3. The number of likely N-dealkylation sites (tertiary alicyclic amines) is 1. The van der Waals surface area contributed by atoms with E-state index in [1.165, 1.54) is 0 Å². The van der Waals surface area contributed by atoms with Gasteiger partial charge in [-0.05, 0) is 25.0 Å². The summed E-state index contributed by atoms with van der Waals surface area (Å²) in [4.78, 5) is 21.5. The van der Waals surface area contributed by atoms with Crippen LogP contribution in [0, 0.1) is 0 Å². The number of imidazole rings is 1. The van der Waals surface area contributed by atoms with Crippen LogP contribution in [0.15, 0.2) is 42.9 Å². The number of aromatic amines is 1. The molecule has 0 radical (unpaired) electrons. The smallest absolute Gasteiger partial charge is 0.253 e. The van der Waals surface area contributed by atoms with Gasteiger partial charge in [0.25, 0.3) is 5.91 Å². The summed E-state index contributed by atoms with van der Waals surface area (Å²) in [7, 11) is 0. The first-order valence-corrected chi connectivity index (χ1v) is 6.67. The van der Waals surface area contributed by atoms with Crippen molar-refractivity contribution in [3.8, 4) is 0 Å². The molecule has 1 N–H and O–H groups in total. The summed E-state index contributed by atoms with van der Waals surface area (Å²) in [6.07, 6.45) is 5.66. The van der Waals surface area contributed by atoms with Crippen LogP contribution in [0.4, 0.5) is 0 Å². The zero-order chi connectivity index (χ0) is 13.1. The average Bonchev–Trinajstić information content (AvgIpc) is 3.02. The molecule has 4 heteroatoms. The Hall–Kier alpha value is -2.10. The molecule has 1 fully saturated rings. The van der Waals surface area contributed by atoms with Crippen molar-refractivity contribution in [2.75, 3.05) is 13.1 Å². The van der Waals surface area contributed by atoms with Crippen LogP contribution in [-0.4, -0.2) is 33.9 Å². The summed E-state index contributed by atoms with van der Waals surface area (Å²) in [6.45, 7) is 1.62. The maximum atomic E-state index is 12.3. The summed E-state index contributed by atoms with van der Waals surface area (Å²) in [6, 6.07) is 9.50. The summed E-state index contributed by atoms with van der Waals surface area (Å²) >= 11 is 0. The van der Waals surface area contributed by atoms with E-state index in [1.54, 1.807) is 6.33 Å². The Labute approximate surface area is 112 Å². The molecule has 1 aliphatic rings. The molecule has 3 rings (SSSR count). The lowest BCUT2D eigenvalue weighted by Gasteiger charge is -2.31. The molecule has 2 heterocycles. The van der Waals surface area contributed by atoms with E-state index >= 15 is 0 Å². The number of carbonyl (C=O) groups excluding carboxylic acids is 1. The van der Waals surface area contributed by atoms with Crippen LogP contribution >= 0.6 is 0 Å². The predicted octanol–water partition coefficient (Wildman–Crippen LogP) is 2.43. The summed E-state index contributed by atoms with van der Waals surface area (Å²) in [5.74, 6) is 0.618. The third-order valence-corrected chi connectivity index (χ3v) is 3.74. The van der Waals surface area contributed by atoms with Crippen LogP contribution in [0.1, 0.15) is 34.8 Å². The number of carbonyl (C=O) groups is 1. The van der Waals surface area contributed by atoms with Gasteiger partial charge >= 0.3 is 0 Å². The van der Waals surface area contributed by atoms with E-state index < -0.39 is 0 Å². The summed E-state index contributed by atoms with van der Waals surface area (Å²) < 4.78 is 0. The van der Waals surface area contributed by atoms with Gasteiger partial charge < -0.3 is 9.88 Å². The standard InChI is InChI=1S/C15H17N3O/c19-15(13-4-2-1-3-5-13)18-8-6-12(7-9-18)14-10-16-11-17-14/h1-5,10-12H,6-9H2,(H,16,17). The molecular formula is C15H17N3O. The van der Waals surface area contributed by atoms with Crippen molar-refractivity contribution in [1.82, 2.24) is 14.9 Å². The van der Waals surface area contributed by atoms with Gasteiger partial charge in [0.05, 0.1) is 12.0 Å². The zero-order valence-electron chi connectivity index (χ0n) is 10.7. The monoisotopic (exact) mass is 255 g/mol. The summed E-state index contributed by atoms with van der Waals surface area (Å²) in [5.41, 5.74) is 1.90. The number of rotatable bonds is 2. The minimum atomic E-state index is 0.140. The Kier molecular flexibility index (Phi) is 3.31. The first kappa shape index (κ1) is 12.0. The molecule has 1 amide bonds. The molecule has 4 nitrogen and oxygen atoms in total. The lowest BCUT2D eigenvalue weighted by atomic mass is 9.93. The van der Waals surface area contributed by atoms with Gasteiger partial charge in [0.2, 0.25) is 0 Å². The minimum absolute atomic E-state index is 0.140. The first-order chi connectivity index (χ1) is 9.34. The van der Waals surface area contributed by atoms with Crippen molar-refractivity contribution in [2.45, 2.75) is 18.8 Å². The van der Waals surface area contributed by atoms with Gasteiger partial charge in [0, 0.05) is 30.8 Å². The van der Waals surface area contributed by atoms with E-state index in [0.29, 0.717) is 5.92 Å². The highest BCUT2D eigenvalue weighted by atomic mass is 16.2. The van der Waals surface area contributed by atoms with Crippen molar-refractivity contribution in [1.29, 1.82) is 0 Å². The maximum Gasteiger partial charge on any atom is 0.253 e. The van der Waals surface area contributed by atoms with Crippen molar-refractivity contribution in [2.24, 2.45) is 0 Å². The number of hydrogen-bond donors (Lipinski definition) is 1. The predicted molar refractivity (Wildman–Crippen MR) is 72.9 cm³/mol. The number of amides is 1. The second-order valence-corrected chi connectivity index (χ2v) is 4.93. The van der Waals surface area contributed by atoms with Crippen molar-refractivity contribution in [3.63, 3.8) is 0 Å². The molecule has 2 aromatic rings. The van der Waals surface area contributed by atoms with Crippen LogP contribution in [0.2, 0.25) is 0 Å². The molecule has 0 unspecified atom stereocenters. The van der Waals surface area contributed by atoms with Crippen molar-refractivity contribution < 1.29 is 4.79 Å². The number of nitrogens with one attached hydrogen (secondary N) is 1. The number of piperidine rings is 1. The lowest BCUT2D eigenvalue weighted by molar-refractivity contribution is 0.0712. The van der Waals surface area contributed by atoms with E-state index in [-0.39, 0.29) is 5.91 Å². The fourth-order valence-corrected chi connectivity index (χ4v) is 2.64. The molecule has 0 atom stereocenters. The largest absolute Gasteiger partial charge is 0.351 e. The number of hydrogen-bond acceptors (Lipinski definition) is 2. The second kappa shape index (κ2) is 5.26. The van der Waals surface area contributed by atoms with E-state index in [9.17, 15) is 4.79 Å². The van der Waals surface area contributed by atoms with E-state index in [1.807, 2.05) is 41.4 Å². The summed E-state index contributed by atoms with van der Waals surface area (Å²) in [5, 5.41) is 0. The average molecular weight is 255 g/mol. The van der Waals surface area contributed by atoms with Crippen molar-refractivity contribution in [3.05, 3.63) is 54.1 Å². The molecule has 0 aliphatic carbocycles. The zero-order valence-corrected chi connectivity index (χ0v) is 10.7. The SMILES string of the molecule is O=C(c1ccccc1)N1CCC(c2c[nH]cn2)CC1. The topological polar surface area (TPSA) is 49.0 Å². The lowest BCUT2D eigenvalue weighted by Crippen LogP contribution is -2.37. The van der Waals surface area contributed by atoms with Gasteiger partial charge in [-0.15, -0.1) is 0 Å². The van der Waals surface area contributed by atoms with Crippen LogP contribution < -0.4 is 0 Å². The molecule has 0 bridgehead atoms. The number of nitrogens with zero attached hydrogens (tertiary/aromatic N) is 2. The van der Waals surface area contributed by atoms with E-state index in [2.05, 4.69) is 9.97 Å². The molecular weight excluding hydrogens is 238 g/mol. The molecule has 19 heavy (non-hydrogen) atoms. The van der Waals surface area contributed by atoms with Gasteiger partial charge in [-0.25, -0.2) is 4.98 Å². The molecule has 0 spiro atoms. The molecule has 98 valence electrons. The highest BCUT2D eigenvalue weighted by Crippen LogP contribution is 2.26. The quantitative estimate of drug-likeness (QED) is 0.896. The third kappa shape index (κ3) is 2.52. The van der Waals surface area contributed by atoms with Crippen LogP contribution in [0.5, 0.6) is 0 Å². The Morgan fingerprint density at radius 1 is 1.21 bits per heavy atom. The van der Waals surface area contributed by atoms with Crippen LogP contribution in [-0.2, 0) is 0 Å². The number of aromatic nitrogens is 2. The third-order valence-electron chi connectivity index (χ3n) is 3.74. The molecule has 1 aromatic carbocycles. The molecule has 1 aromatic heterocycles. The van der Waals surface area contributed by atoms with Gasteiger partial charge in [0.15, 0.2) is 0 Å². The fraction of sp³-hybridized carbons (Fsp3) is 0.333. The van der Waals surface area contributed by atoms with E-state index in [4.69, 9.17) is 0 Å². The second-order valence-electron chi connectivity index (χ2n) is 4.93. The van der Waals surface area contributed by atoms with Gasteiger partial charge in [0.1, 0.15) is 0 Å². The fourth-order valence-electron chi connectivity index (χ4n) is 2.64. The van der Waals surface area contributed by atoms with Gasteiger partial charge in [-0.2, -0.15) is 0 Å². The highest BCUT2D eigenvalue weighted by molar-refractivity contribution is 5.94. The molecule has 1 saturated heterocycles. The molecule has 1 aliphatic heterocycles. The highest BCUT2D eigenvalue weighted by Gasteiger charge is 2.25.